The lowest BCUT2D eigenvalue weighted by Gasteiger charge is -2.12. The highest BCUT2D eigenvalue weighted by atomic mass is 79.9. The quantitative estimate of drug-likeness (QED) is 0.880. The molecule has 5 heteroatoms. The highest BCUT2D eigenvalue weighted by Gasteiger charge is 2.08. The van der Waals surface area contributed by atoms with Gasteiger partial charge in [0.25, 0.3) is 0 Å². The second-order valence-corrected chi connectivity index (χ2v) is 5.75. The monoisotopic (exact) mass is 329 g/mol. The summed E-state index contributed by atoms with van der Waals surface area (Å²) in [5.41, 5.74) is 0.591. The predicted octanol–water partition coefficient (Wildman–Crippen LogP) is 3.47. The lowest BCUT2D eigenvalue weighted by Crippen LogP contribution is -2.20. The Morgan fingerprint density at radius 2 is 2.22 bits per heavy atom. The van der Waals surface area contributed by atoms with Crippen LogP contribution in [0, 0.1) is 5.82 Å². The number of aliphatic hydroxyl groups is 1. The Kier molecular flexibility index (Phi) is 4.88. The number of rotatable bonds is 5. The zero-order chi connectivity index (χ0) is 13.0. The highest BCUT2D eigenvalue weighted by Crippen LogP contribution is 2.22. The van der Waals surface area contributed by atoms with Gasteiger partial charge in [-0.3, -0.25) is 0 Å². The molecule has 0 spiro atoms. The first-order chi connectivity index (χ1) is 8.66. The Bertz CT molecular complexity index is 517. The van der Waals surface area contributed by atoms with Gasteiger partial charge in [0.05, 0.1) is 6.10 Å². The van der Waals surface area contributed by atoms with Crippen LogP contribution in [0.1, 0.15) is 16.5 Å². The summed E-state index contributed by atoms with van der Waals surface area (Å²) in [5, 5.41) is 15.1. The van der Waals surface area contributed by atoms with E-state index >= 15 is 0 Å². The van der Waals surface area contributed by atoms with Crippen LogP contribution < -0.4 is 5.32 Å². The fourth-order valence-electron chi connectivity index (χ4n) is 1.61. The summed E-state index contributed by atoms with van der Waals surface area (Å²) >= 11 is 5.09. The van der Waals surface area contributed by atoms with E-state index in [1.807, 2.05) is 11.4 Å². The van der Waals surface area contributed by atoms with Crippen molar-refractivity contribution >= 4 is 27.3 Å². The minimum absolute atomic E-state index is 0.326. The van der Waals surface area contributed by atoms with Gasteiger partial charge in [-0.2, -0.15) is 0 Å². The summed E-state index contributed by atoms with van der Waals surface area (Å²) < 4.78 is 14.1. The molecule has 1 unspecified atom stereocenters. The van der Waals surface area contributed by atoms with Crippen LogP contribution >= 0.6 is 27.3 Å². The van der Waals surface area contributed by atoms with Crippen molar-refractivity contribution in [3.8, 4) is 0 Å². The van der Waals surface area contributed by atoms with Crippen LogP contribution in [-0.2, 0) is 6.54 Å². The van der Waals surface area contributed by atoms with Gasteiger partial charge in [-0.1, -0.05) is 12.1 Å². The molecule has 2 N–H and O–H groups in total. The largest absolute Gasteiger partial charge is 0.387 e. The molecular weight excluding hydrogens is 317 g/mol. The summed E-state index contributed by atoms with van der Waals surface area (Å²) in [6.45, 7) is 1.08. The van der Waals surface area contributed by atoms with E-state index in [0.717, 1.165) is 4.47 Å². The molecule has 0 aliphatic rings. The number of aliphatic hydroxyl groups excluding tert-OH is 1. The Hall–Kier alpha value is -0.750. The van der Waals surface area contributed by atoms with E-state index < -0.39 is 6.10 Å². The number of hydrogen-bond acceptors (Lipinski definition) is 3. The summed E-state index contributed by atoms with van der Waals surface area (Å²) in [4.78, 5) is 1.18. The summed E-state index contributed by atoms with van der Waals surface area (Å²) in [6.07, 6.45) is -0.695. The second kappa shape index (κ2) is 6.43. The lowest BCUT2D eigenvalue weighted by atomic mass is 10.1. The van der Waals surface area contributed by atoms with Crippen LogP contribution in [0.4, 0.5) is 4.39 Å². The third-order valence-electron chi connectivity index (χ3n) is 2.55. The minimum atomic E-state index is -0.695. The summed E-state index contributed by atoms with van der Waals surface area (Å²) in [6, 6.07) is 8.03. The maximum absolute atomic E-state index is 13.0. The molecule has 0 saturated carbocycles. The normalized spacial score (nSPS) is 12.6. The number of hydrogen-bond donors (Lipinski definition) is 2. The maximum atomic E-state index is 13.0. The first-order valence-electron chi connectivity index (χ1n) is 5.53. The first-order valence-corrected chi connectivity index (χ1v) is 7.20. The molecule has 2 rings (SSSR count). The molecule has 1 aromatic carbocycles. The zero-order valence-corrected chi connectivity index (χ0v) is 12.0. The van der Waals surface area contributed by atoms with Gasteiger partial charge in [-0.05, 0) is 45.1 Å². The fraction of sp³-hybridized carbons (Fsp3) is 0.231. The van der Waals surface area contributed by atoms with E-state index in [9.17, 15) is 9.50 Å². The average molecular weight is 330 g/mol. The number of nitrogens with one attached hydrogen (secondary N) is 1. The molecule has 2 nitrogen and oxygen atoms in total. The van der Waals surface area contributed by atoms with Crippen molar-refractivity contribution in [3.05, 3.63) is 56.4 Å². The Labute approximate surface area is 118 Å². The summed E-state index contributed by atoms with van der Waals surface area (Å²) in [7, 11) is 0. The molecule has 96 valence electrons. The average Bonchev–Trinajstić information content (AvgIpc) is 2.75. The van der Waals surface area contributed by atoms with Gasteiger partial charge < -0.3 is 10.4 Å². The van der Waals surface area contributed by atoms with E-state index in [1.165, 1.54) is 17.0 Å². The van der Waals surface area contributed by atoms with Crippen molar-refractivity contribution in [1.82, 2.24) is 5.32 Å². The van der Waals surface area contributed by atoms with Crippen molar-refractivity contribution in [3.63, 3.8) is 0 Å². The first kappa shape index (κ1) is 13.7. The van der Waals surface area contributed by atoms with Crippen molar-refractivity contribution in [2.75, 3.05) is 6.54 Å². The molecule has 1 heterocycles. The standard InChI is InChI=1S/C13H13BrFNOS/c14-11-4-5-18-13(11)8-16-7-12(17)9-2-1-3-10(15)6-9/h1-6,12,16-17H,7-8H2. The van der Waals surface area contributed by atoms with Crippen LogP contribution in [0.3, 0.4) is 0 Å². The molecule has 0 radical (unpaired) electrons. The highest BCUT2D eigenvalue weighted by molar-refractivity contribution is 9.10. The van der Waals surface area contributed by atoms with Crippen LogP contribution in [0.15, 0.2) is 40.2 Å². The molecule has 0 bridgehead atoms. The second-order valence-electron chi connectivity index (χ2n) is 3.89. The van der Waals surface area contributed by atoms with Crippen LogP contribution in [0.5, 0.6) is 0 Å². The Morgan fingerprint density at radius 1 is 1.39 bits per heavy atom. The van der Waals surface area contributed by atoms with Gasteiger partial charge in [0.15, 0.2) is 0 Å². The SMILES string of the molecule is OC(CNCc1sccc1Br)c1cccc(F)c1. The van der Waals surface area contributed by atoms with Gasteiger partial charge in [-0.15, -0.1) is 11.3 Å². The molecule has 0 aliphatic carbocycles. The number of thiophene rings is 1. The van der Waals surface area contributed by atoms with Crippen molar-refractivity contribution in [2.24, 2.45) is 0 Å². The van der Waals surface area contributed by atoms with Crippen LogP contribution in [0.2, 0.25) is 0 Å². The fourth-order valence-corrected chi connectivity index (χ4v) is 3.07. The lowest BCUT2D eigenvalue weighted by molar-refractivity contribution is 0.174. The smallest absolute Gasteiger partial charge is 0.123 e. The van der Waals surface area contributed by atoms with Crippen molar-refractivity contribution in [1.29, 1.82) is 0 Å². The third kappa shape index (κ3) is 3.62. The third-order valence-corrected chi connectivity index (χ3v) is 4.47. The topological polar surface area (TPSA) is 32.3 Å². The minimum Gasteiger partial charge on any atom is -0.387 e. The van der Waals surface area contributed by atoms with E-state index in [2.05, 4.69) is 21.2 Å². The van der Waals surface area contributed by atoms with Crippen molar-refractivity contribution in [2.45, 2.75) is 12.6 Å². The molecular formula is C13H13BrFNOS. The Balaban J connectivity index is 1.85. The zero-order valence-electron chi connectivity index (χ0n) is 9.57. The predicted molar refractivity (Wildman–Crippen MR) is 75.1 cm³/mol. The van der Waals surface area contributed by atoms with Crippen molar-refractivity contribution < 1.29 is 9.50 Å². The van der Waals surface area contributed by atoms with E-state index in [4.69, 9.17) is 0 Å². The molecule has 18 heavy (non-hydrogen) atoms. The van der Waals surface area contributed by atoms with Gasteiger partial charge in [0.1, 0.15) is 5.82 Å². The Morgan fingerprint density at radius 3 is 2.89 bits per heavy atom. The van der Waals surface area contributed by atoms with Crippen LogP contribution in [0.25, 0.3) is 0 Å². The van der Waals surface area contributed by atoms with Gasteiger partial charge >= 0.3 is 0 Å². The van der Waals surface area contributed by atoms with Gasteiger partial charge in [-0.25, -0.2) is 4.39 Å². The molecule has 0 amide bonds. The summed E-state index contributed by atoms with van der Waals surface area (Å²) in [5.74, 6) is -0.326. The van der Waals surface area contributed by atoms with E-state index in [0.29, 0.717) is 18.7 Å². The van der Waals surface area contributed by atoms with Gasteiger partial charge in [0, 0.05) is 22.4 Å². The maximum Gasteiger partial charge on any atom is 0.123 e. The number of halogens is 2. The molecule has 0 fully saturated rings. The molecule has 1 aromatic heterocycles. The molecule has 1 atom stereocenters. The van der Waals surface area contributed by atoms with E-state index in [1.54, 1.807) is 23.5 Å². The van der Waals surface area contributed by atoms with Gasteiger partial charge in [0.2, 0.25) is 0 Å². The van der Waals surface area contributed by atoms with Crippen LogP contribution in [-0.4, -0.2) is 11.7 Å². The molecule has 0 aliphatic heterocycles. The molecule has 2 aromatic rings. The molecule has 0 saturated heterocycles. The number of benzene rings is 1. The van der Waals surface area contributed by atoms with E-state index in [-0.39, 0.29) is 5.82 Å².